The number of amides is 2. The Bertz CT molecular complexity index is 744. The molecule has 1 heterocycles. The van der Waals surface area contributed by atoms with Gasteiger partial charge in [-0.05, 0) is 36.5 Å². The molecule has 1 aliphatic rings. The molecule has 0 spiro atoms. The van der Waals surface area contributed by atoms with Gasteiger partial charge >= 0.3 is 6.03 Å². The summed E-state index contributed by atoms with van der Waals surface area (Å²) >= 11 is 0. The van der Waals surface area contributed by atoms with E-state index in [0.29, 0.717) is 5.92 Å². The Kier molecular flexibility index (Phi) is 6.51. The monoisotopic (exact) mass is 365 g/mol. The molecule has 0 radical (unpaired) electrons. The molecule has 2 aromatic rings. The number of carbonyl (C=O) groups is 1. The second-order valence-corrected chi connectivity index (χ2v) is 7.62. The SMILES string of the molecule is CCN(C(=O)Nc1ccccc1C(C)C)C1CCN(Cc2ccccc2)C1. The van der Waals surface area contributed by atoms with E-state index in [0.717, 1.165) is 38.3 Å². The van der Waals surface area contributed by atoms with Crippen molar-refractivity contribution in [3.8, 4) is 0 Å². The van der Waals surface area contributed by atoms with Gasteiger partial charge in [-0.1, -0.05) is 62.4 Å². The normalized spacial score (nSPS) is 17.3. The van der Waals surface area contributed by atoms with Gasteiger partial charge in [0.05, 0.1) is 0 Å². The highest BCUT2D eigenvalue weighted by Crippen LogP contribution is 2.25. The van der Waals surface area contributed by atoms with Crippen molar-refractivity contribution in [3.63, 3.8) is 0 Å². The van der Waals surface area contributed by atoms with Crippen LogP contribution in [0.3, 0.4) is 0 Å². The smallest absolute Gasteiger partial charge is 0.320 e. The molecule has 4 heteroatoms. The van der Waals surface area contributed by atoms with Gasteiger partial charge in [0, 0.05) is 37.9 Å². The van der Waals surface area contributed by atoms with Crippen molar-refractivity contribution in [1.82, 2.24) is 9.80 Å². The van der Waals surface area contributed by atoms with Crippen LogP contribution in [-0.4, -0.2) is 41.5 Å². The summed E-state index contributed by atoms with van der Waals surface area (Å²) in [5, 5.41) is 3.15. The van der Waals surface area contributed by atoms with E-state index >= 15 is 0 Å². The molecule has 0 aliphatic carbocycles. The molecule has 1 fully saturated rings. The maximum Gasteiger partial charge on any atom is 0.322 e. The second-order valence-electron chi connectivity index (χ2n) is 7.62. The van der Waals surface area contributed by atoms with E-state index in [9.17, 15) is 4.79 Å². The van der Waals surface area contributed by atoms with Crippen molar-refractivity contribution in [2.75, 3.05) is 25.0 Å². The predicted molar refractivity (Wildman–Crippen MR) is 112 cm³/mol. The Labute approximate surface area is 163 Å². The van der Waals surface area contributed by atoms with E-state index in [2.05, 4.69) is 67.4 Å². The van der Waals surface area contributed by atoms with Crippen LogP contribution in [0.1, 0.15) is 44.2 Å². The summed E-state index contributed by atoms with van der Waals surface area (Å²) in [6.45, 7) is 10.0. The molecule has 1 atom stereocenters. The highest BCUT2D eigenvalue weighted by Gasteiger charge is 2.30. The number of nitrogens with one attached hydrogen (secondary N) is 1. The van der Waals surface area contributed by atoms with E-state index in [1.165, 1.54) is 11.1 Å². The Morgan fingerprint density at radius 2 is 1.85 bits per heavy atom. The number of rotatable bonds is 6. The lowest BCUT2D eigenvalue weighted by atomic mass is 10.0. The van der Waals surface area contributed by atoms with Crippen LogP contribution in [0.5, 0.6) is 0 Å². The summed E-state index contributed by atoms with van der Waals surface area (Å²) in [7, 11) is 0. The van der Waals surface area contributed by atoms with Crippen LogP contribution in [0.25, 0.3) is 0 Å². The van der Waals surface area contributed by atoms with E-state index in [-0.39, 0.29) is 12.1 Å². The third kappa shape index (κ3) is 4.89. The van der Waals surface area contributed by atoms with Crippen molar-refractivity contribution in [2.24, 2.45) is 0 Å². The molecular formula is C23H31N3O. The third-order valence-electron chi connectivity index (χ3n) is 5.36. The Morgan fingerprint density at radius 3 is 2.56 bits per heavy atom. The molecule has 1 N–H and O–H groups in total. The molecule has 1 unspecified atom stereocenters. The first kappa shape index (κ1) is 19.4. The molecule has 0 saturated carbocycles. The number of hydrogen-bond acceptors (Lipinski definition) is 2. The van der Waals surface area contributed by atoms with Crippen LogP contribution in [0.2, 0.25) is 0 Å². The number of para-hydroxylation sites is 1. The highest BCUT2D eigenvalue weighted by molar-refractivity contribution is 5.90. The number of hydrogen-bond donors (Lipinski definition) is 1. The van der Waals surface area contributed by atoms with Gasteiger partial charge in [0.15, 0.2) is 0 Å². The minimum atomic E-state index is 0.0113. The summed E-state index contributed by atoms with van der Waals surface area (Å²) in [6, 6.07) is 18.9. The predicted octanol–water partition coefficient (Wildman–Crippen LogP) is 4.94. The maximum atomic E-state index is 13.0. The van der Waals surface area contributed by atoms with Crippen LogP contribution in [-0.2, 0) is 6.54 Å². The highest BCUT2D eigenvalue weighted by atomic mass is 16.2. The zero-order valence-electron chi connectivity index (χ0n) is 16.7. The van der Waals surface area contributed by atoms with Crippen LogP contribution < -0.4 is 5.32 Å². The fourth-order valence-corrected chi connectivity index (χ4v) is 3.92. The lowest BCUT2D eigenvalue weighted by Crippen LogP contribution is -2.44. The minimum Gasteiger partial charge on any atom is -0.320 e. The number of urea groups is 1. The summed E-state index contributed by atoms with van der Waals surface area (Å²) in [4.78, 5) is 17.4. The van der Waals surface area contributed by atoms with Gasteiger partial charge < -0.3 is 10.2 Å². The van der Waals surface area contributed by atoms with Crippen LogP contribution in [0.4, 0.5) is 10.5 Å². The van der Waals surface area contributed by atoms with Gasteiger partial charge in [-0.15, -0.1) is 0 Å². The fraction of sp³-hybridized carbons (Fsp3) is 0.435. The first-order valence-electron chi connectivity index (χ1n) is 10.0. The number of carbonyl (C=O) groups excluding carboxylic acids is 1. The van der Waals surface area contributed by atoms with Crippen LogP contribution >= 0.6 is 0 Å². The molecule has 144 valence electrons. The Morgan fingerprint density at radius 1 is 1.15 bits per heavy atom. The van der Waals surface area contributed by atoms with Crippen molar-refractivity contribution >= 4 is 11.7 Å². The fourth-order valence-electron chi connectivity index (χ4n) is 3.92. The van der Waals surface area contributed by atoms with E-state index in [4.69, 9.17) is 0 Å². The lowest BCUT2D eigenvalue weighted by Gasteiger charge is -2.29. The average molecular weight is 366 g/mol. The van der Waals surface area contributed by atoms with Crippen LogP contribution in [0, 0.1) is 0 Å². The van der Waals surface area contributed by atoms with Gasteiger partial charge in [-0.3, -0.25) is 4.90 Å². The average Bonchev–Trinajstić information content (AvgIpc) is 3.11. The molecule has 2 aromatic carbocycles. The zero-order chi connectivity index (χ0) is 19.2. The topological polar surface area (TPSA) is 35.6 Å². The third-order valence-corrected chi connectivity index (χ3v) is 5.36. The molecule has 27 heavy (non-hydrogen) atoms. The number of anilines is 1. The Balaban J connectivity index is 1.62. The molecule has 2 amide bonds. The van der Waals surface area contributed by atoms with Gasteiger partial charge in [-0.2, -0.15) is 0 Å². The molecule has 3 rings (SSSR count). The van der Waals surface area contributed by atoms with Gasteiger partial charge in [0.25, 0.3) is 0 Å². The number of benzene rings is 2. The van der Waals surface area contributed by atoms with E-state index in [1.54, 1.807) is 0 Å². The minimum absolute atomic E-state index is 0.0113. The summed E-state index contributed by atoms with van der Waals surface area (Å²) < 4.78 is 0. The number of nitrogens with zero attached hydrogens (tertiary/aromatic N) is 2. The molecular weight excluding hydrogens is 334 g/mol. The first-order valence-corrected chi connectivity index (χ1v) is 10.0. The molecule has 4 nitrogen and oxygen atoms in total. The van der Waals surface area contributed by atoms with E-state index in [1.807, 2.05) is 23.1 Å². The molecule has 1 aliphatic heterocycles. The quantitative estimate of drug-likeness (QED) is 0.787. The largest absolute Gasteiger partial charge is 0.322 e. The van der Waals surface area contributed by atoms with Crippen molar-refractivity contribution < 1.29 is 4.79 Å². The standard InChI is InChI=1S/C23H31N3O/c1-4-26(23(27)24-22-13-9-8-12-21(22)18(2)3)20-14-15-25(17-20)16-19-10-6-5-7-11-19/h5-13,18,20H,4,14-17H2,1-3H3,(H,24,27). The zero-order valence-corrected chi connectivity index (χ0v) is 16.7. The number of likely N-dealkylation sites (tertiary alicyclic amines) is 1. The van der Waals surface area contributed by atoms with Gasteiger partial charge in [0.1, 0.15) is 0 Å². The van der Waals surface area contributed by atoms with Crippen molar-refractivity contribution in [2.45, 2.75) is 45.7 Å². The Hall–Kier alpha value is -2.33. The molecule has 0 aromatic heterocycles. The summed E-state index contributed by atoms with van der Waals surface area (Å²) in [5.41, 5.74) is 3.44. The van der Waals surface area contributed by atoms with E-state index < -0.39 is 0 Å². The molecule has 0 bridgehead atoms. The first-order chi connectivity index (χ1) is 13.1. The molecule has 1 saturated heterocycles. The van der Waals surface area contributed by atoms with Crippen LogP contribution in [0.15, 0.2) is 54.6 Å². The maximum absolute atomic E-state index is 13.0. The summed E-state index contributed by atoms with van der Waals surface area (Å²) in [5.74, 6) is 0.379. The second kappa shape index (κ2) is 9.05. The number of likely N-dealkylation sites (N-methyl/N-ethyl adjacent to an activating group) is 1. The summed E-state index contributed by atoms with van der Waals surface area (Å²) in [6.07, 6.45) is 1.03. The van der Waals surface area contributed by atoms with Gasteiger partial charge in [0.2, 0.25) is 0 Å². The van der Waals surface area contributed by atoms with Crippen molar-refractivity contribution in [1.29, 1.82) is 0 Å². The van der Waals surface area contributed by atoms with Crippen molar-refractivity contribution in [3.05, 3.63) is 65.7 Å². The van der Waals surface area contributed by atoms with Gasteiger partial charge in [-0.25, -0.2) is 4.79 Å². The lowest BCUT2D eigenvalue weighted by molar-refractivity contribution is 0.189.